The number of nitrogens with one attached hydrogen (secondary N) is 1. The zero-order chi connectivity index (χ0) is 17.8. The number of nitrogens with two attached hydrogens (primary N) is 1. The number of alkyl halides is 3. The minimum absolute atomic E-state index is 0.0628. The Morgan fingerprint density at radius 3 is 2.68 bits per heavy atom. The monoisotopic (exact) mass is 345 g/mol. The molecule has 9 heteroatoms. The number of primary amides is 1. The Morgan fingerprint density at radius 1 is 1.24 bits per heavy atom. The van der Waals surface area contributed by atoms with E-state index < -0.39 is 17.8 Å². The third-order valence-corrected chi connectivity index (χ3v) is 3.87. The largest absolute Gasteiger partial charge is 0.434 e. The number of hydrogen-bond acceptors (Lipinski definition) is 3. The maximum atomic E-state index is 13.8. The van der Waals surface area contributed by atoms with Gasteiger partial charge in [0.25, 0.3) is 0 Å². The lowest BCUT2D eigenvalue weighted by atomic mass is 10.1. The van der Waals surface area contributed by atoms with Crippen LogP contribution in [0.1, 0.15) is 16.1 Å². The van der Waals surface area contributed by atoms with E-state index in [-0.39, 0.29) is 27.7 Å². The molecule has 0 spiro atoms. The topological polar surface area (TPSA) is 89.6 Å². The Balaban J connectivity index is 2.12. The lowest BCUT2D eigenvalue weighted by Gasteiger charge is -2.10. The van der Waals surface area contributed by atoms with Crippen LogP contribution < -0.4 is 5.73 Å². The number of amides is 1. The molecule has 1 amide bonds. The Hall–Kier alpha value is -3.36. The summed E-state index contributed by atoms with van der Waals surface area (Å²) < 4.78 is 42.1. The van der Waals surface area contributed by atoms with Crippen LogP contribution in [0.3, 0.4) is 0 Å². The van der Waals surface area contributed by atoms with Crippen LogP contribution in [0.4, 0.5) is 13.2 Å². The number of hydrogen-bond donors (Lipinski definition) is 2. The number of halogens is 3. The number of benzene rings is 1. The Bertz CT molecular complexity index is 1110. The van der Waals surface area contributed by atoms with Crippen molar-refractivity contribution in [1.29, 1.82) is 0 Å². The zero-order valence-corrected chi connectivity index (χ0v) is 12.5. The minimum atomic E-state index is -4.66. The van der Waals surface area contributed by atoms with Gasteiger partial charge in [-0.15, -0.1) is 5.10 Å². The number of aromatic amines is 1. The van der Waals surface area contributed by atoms with Crippen LogP contribution in [-0.2, 0) is 6.18 Å². The van der Waals surface area contributed by atoms with Gasteiger partial charge in [-0.25, -0.2) is 4.68 Å². The van der Waals surface area contributed by atoms with Crippen LogP contribution in [0.15, 0.2) is 42.7 Å². The van der Waals surface area contributed by atoms with Crippen LogP contribution in [0, 0.1) is 0 Å². The van der Waals surface area contributed by atoms with Crippen molar-refractivity contribution in [3.63, 3.8) is 0 Å². The van der Waals surface area contributed by atoms with Crippen LogP contribution in [0.25, 0.3) is 27.6 Å². The second-order valence-electron chi connectivity index (χ2n) is 5.44. The van der Waals surface area contributed by atoms with Crippen LogP contribution in [0.5, 0.6) is 0 Å². The fourth-order valence-electron chi connectivity index (χ4n) is 2.83. The summed E-state index contributed by atoms with van der Waals surface area (Å²) >= 11 is 0. The molecule has 3 aromatic heterocycles. The Labute approximate surface area is 138 Å². The summed E-state index contributed by atoms with van der Waals surface area (Å²) in [6.07, 6.45) is -1.92. The van der Waals surface area contributed by atoms with Gasteiger partial charge in [0.15, 0.2) is 11.3 Å². The van der Waals surface area contributed by atoms with E-state index >= 15 is 0 Å². The van der Waals surface area contributed by atoms with Gasteiger partial charge < -0.3 is 10.7 Å². The minimum Gasteiger partial charge on any atom is -0.366 e. The molecule has 0 atom stereocenters. The lowest BCUT2D eigenvalue weighted by Crippen LogP contribution is -2.14. The van der Waals surface area contributed by atoms with Crippen molar-refractivity contribution in [2.45, 2.75) is 6.18 Å². The SMILES string of the molecule is NC(=O)c1ccc2[nH]c3nn(-c4cccnc4)c(C(F)(F)F)c3c2c1. The number of rotatable bonds is 2. The first kappa shape index (κ1) is 15.2. The molecule has 0 unspecified atom stereocenters. The standard InChI is InChI=1S/C16H10F3N5O/c17-16(18,19)13-12-10-6-8(14(20)25)3-4-11(10)22-15(12)23-24(13)9-2-1-5-21-7-9/h1-7H,(H2,20,25)(H,22,23). The summed E-state index contributed by atoms with van der Waals surface area (Å²) in [5, 5.41) is 4.16. The molecule has 0 aliphatic carbocycles. The van der Waals surface area contributed by atoms with Crippen molar-refractivity contribution in [1.82, 2.24) is 19.7 Å². The van der Waals surface area contributed by atoms with Gasteiger partial charge in [-0.05, 0) is 30.3 Å². The summed E-state index contributed by atoms with van der Waals surface area (Å²) in [4.78, 5) is 18.1. The first-order valence-corrected chi connectivity index (χ1v) is 7.18. The number of H-pyrrole nitrogens is 1. The molecular formula is C16H10F3N5O. The molecular weight excluding hydrogens is 335 g/mol. The van der Waals surface area contributed by atoms with Gasteiger partial charge in [-0.2, -0.15) is 13.2 Å². The second kappa shape index (κ2) is 5.07. The molecule has 0 aliphatic rings. The van der Waals surface area contributed by atoms with Gasteiger partial charge in [0.1, 0.15) is 0 Å². The quantitative estimate of drug-likeness (QED) is 0.585. The maximum Gasteiger partial charge on any atom is 0.434 e. The first-order valence-electron chi connectivity index (χ1n) is 7.18. The van der Waals surface area contributed by atoms with Gasteiger partial charge in [-0.3, -0.25) is 9.78 Å². The van der Waals surface area contributed by atoms with Crippen LogP contribution in [-0.4, -0.2) is 25.7 Å². The molecule has 1 aromatic carbocycles. The van der Waals surface area contributed by atoms with E-state index in [1.807, 2.05) is 0 Å². The number of aromatic nitrogens is 4. The van der Waals surface area contributed by atoms with Gasteiger partial charge in [0.2, 0.25) is 5.91 Å². The van der Waals surface area contributed by atoms with Crippen LogP contribution >= 0.6 is 0 Å². The molecule has 0 aliphatic heterocycles. The molecule has 0 bridgehead atoms. The van der Waals surface area contributed by atoms with Crippen molar-refractivity contribution in [2.75, 3.05) is 0 Å². The van der Waals surface area contributed by atoms with E-state index in [1.165, 1.54) is 42.7 Å². The molecule has 126 valence electrons. The summed E-state index contributed by atoms with van der Waals surface area (Å²) in [5.74, 6) is -0.718. The smallest absolute Gasteiger partial charge is 0.366 e. The molecule has 4 rings (SSSR count). The van der Waals surface area contributed by atoms with Crippen molar-refractivity contribution >= 4 is 27.8 Å². The van der Waals surface area contributed by atoms with Gasteiger partial charge in [0, 0.05) is 22.7 Å². The zero-order valence-electron chi connectivity index (χ0n) is 12.5. The molecule has 3 heterocycles. The van der Waals surface area contributed by atoms with E-state index in [4.69, 9.17) is 5.73 Å². The highest BCUT2D eigenvalue weighted by atomic mass is 19.4. The van der Waals surface area contributed by atoms with E-state index in [2.05, 4.69) is 15.1 Å². The van der Waals surface area contributed by atoms with Gasteiger partial charge in [-0.1, -0.05) is 0 Å². The third kappa shape index (κ3) is 2.32. The van der Waals surface area contributed by atoms with E-state index in [1.54, 1.807) is 0 Å². The Morgan fingerprint density at radius 2 is 2.04 bits per heavy atom. The van der Waals surface area contributed by atoms with E-state index in [9.17, 15) is 18.0 Å². The number of carbonyl (C=O) groups excluding carboxylic acids is 1. The molecule has 0 saturated heterocycles. The number of pyridine rings is 1. The number of nitrogens with zero attached hydrogens (tertiary/aromatic N) is 3. The molecule has 4 aromatic rings. The number of fused-ring (bicyclic) bond motifs is 3. The average molecular weight is 345 g/mol. The first-order chi connectivity index (χ1) is 11.9. The van der Waals surface area contributed by atoms with Crippen molar-refractivity contribution in [3.8, 4) is 5.69 Å². The van der Waals surface area contributed by atoms with Gasteiger partial charge >= 0.3 is 6.18 Å². The molecule has 0 fully saturated rings. The highest BCUT2D eigenvalue weighted by Crippen LogP contribution is 2.39. The maximum absolute atomic E-state index is 13.8. The van der Waals surface area contributed by atoms with E-state index in [0.29, 0.717) is 5.52 Å². The summed E-state index contributed by atoms with van der Waals surface area (Å²) in [5.41, 5.74) is 5.10. The normalized spacial score (nSPS) is 12.1. The summed E-state index contributed by atoms with van der Waals surface area (Å²) in [7, 11) is 0. The van der Waals surface area contributed by atoms with Crippen molar-refractivity contribution in [3.05, 3.63) is 54.0 Å². The third-order valence-electron chi connectivity index (χ3n) is 3.87. The molecule has 0 radical (unpaired) electrons. The summed E-state index contributed by atoms with van der Waals surface area (Å²) in [6.45, 7) is 0. The fourth-order valence-corrected chi connectivity index (χ4v) is 2.83. The van der Waals surface area contributed by atoms with Crippen LogP contribution in [0.2, 0.25) is 0 Å². The lowest BCUT2D eigenvalue weighted by molar-refractivity contribution is -0.141. The highest BCUT2D eigenvalue weighted by molar-refractivity contribution is 6.10. The Kier molecular flexibility index (Phi) is 3.08. The number of carbonyl (C=O) groups is 1. The molecule has 25 heavy (non-hydrogen) atoms. The summed E-state index contributed by atoms with van der Waals surface area (Å²) in [6, 6.07) is 7.29. The fraction of sp³-hybridized carbons (Fsp3) is 0.0625. The molecule has 6 nitrogen and oxygen atoms in total. The predicted molar refractivity (Wildman–Crippen MR) is 84.2 cm³/mol. The average Bonchev–Trinajstić information content (AvgIpc) is 3.10. The van der Waals surface area contributed by atoms with Crippen molar-refractivity contribution in [2.24, 2.45) is 5.73 Å². The van der Waals surface area contributed by atoms with E-state index in [0.717, 1.165) is 4.68 Å². The highest BCUT2D eigenvalue weighted by Gasteiger charge is 2.39. The molecule has 0 saturated carbocycles. The van der Waals surface area contributed by atoms with Crippen molar-refractivity contribution < 1.29 is 18.0 Å². The predicted octanol–water partition coefficient (Wildman–Crippen LogP) is 3.02. The second-order valence-corrected chi connectivity index (χ2v) is 5.44. The molecule has 3 N–H and O–H groups in total. The van der Waals surface area contributed by atoms with Gasteiger partial charge in [0.05, 0.1) is 17.3 Å².